The van der Waals surface area contributed by atoms with Crippen LogP contribution in [0.1, 0.15) is 33.1 Å². The lowest BCUT2D eigenvalue weighted by Gasteiger charge is -2.37. The van der Waals surface area contributed by atoms with Gasteiger partial charge in [-0.2, -0.15) is 0 Å². The average molecular weight is 272 g/mol. The van der Waals surface area contributed by atoms with E-state index in [-0.39, 0.29) is 18.9 Å². The lowest BCUT2D eigenvalue weighted by molar-refractivity contribution is -0.138. The summed E-state index contributed by atoms with van der Waals surface area (Å²) in [6, 6.07) is 0.350. The Morgan fingerprint density at radius 1 is 1.42 bits per heavy atom. The molecule has 1 aliphatic rings. The Morgan fingerprint density at radius 2 is 2.16 bits per heavy atom. The summed E-state index contributed by atoms with van der Waals surface area (Å²) >= 11 is 0. The van der Waals surface area contributed by atoms with Gasteiger partial charge in [0.2, 0.25) is 0 Å². The zero-order valence-corrected chi connectivity index (χ0v) is 12.1. The number of rotatable bonds is 8. The van der Waals surface area contributed by atoms with E-state index < -0.39 is 5.97 Å². The molecule has 2 atom stereocenters. The van der Waals surface area contributed by atoms with Crippen molar-refractivity contribution in [3.63, 3.8) is 0 Å². The third-order valence-corrected chi connectivity index (χ3v) is 3.65. The minimum atomic E-state index is -0.725. The van der Waals surface area contributed by atoms with Crippen LogP contribution in [0.5, 0.6) is 0 Å². The van der Waals surface area contributed by atoms with Gasteiger partial charge in [-0.3, -0.25) is 9.69 Å². The van der Waals surface area contributed by atoms with Crippen molar-refractivity contribution in [2.75, 3.05) is 32.8 Å². The molecule has 1 aliphatic heterocycles. The van der Waals surface area contributed by atoms with E-state index in [2.05, 4.69) is 24.1 Å². The molecular formula is C14H28N2O3. The maximum absolute atomic E-state index is 10.9. The lowest BCUT2D eigenvalue weighted by atomic mass is 9.91. The first kappa shape index (κ1) is 16.4. The zero-order chi connectivity index (χ0) is 14.3. The number of aliphatic hydroxyl groups is 1. The number of aliphatic hydroxyl groups excluding tert-OH is 1. The molecule has 5 nitrogen and oxygen atoms in total. The van der Waals surface area contributed by atoms with Crippen LogP contribution >= 0.6 is 0 Å². The monoisotopic (exact) mass is 272 g/mol. The molecule has 0 amide bonds. The van der Waals surface area contributed by atoms with Crippen LogP contribution in [-0.4, -0.2) is 59.9 Å². The quantitative estimate of drug-likeness (QED) is 0.609. The van der Waals surface area contributed by atoms with Crippen molar-refractivity contribution in [3.05, 3.63) is 0 Å². The van der Waals surface area contributed by atoms with Crippen LogP contribution < -0.4 is 5.32 Å². The predicted molar refractivity (Wildman–Crippen MR) is 75.1 cm³/mol. The molecule has 3 N–H and O–H groups in total. The number of piperidine rings is 1. The Morgan fingerprint density at radius 3 is 2.74 bits per heavy atom. The molecule has 1 saturated heterocycles. The van der Waals surface area contributed by atoms with Crippen molar-refractivity contribution in [3.8, 4) is 0 Å². The van der Waals surface area contributed by atoms with E-state index >= 15 is 0 Å². The standard InChI is InChI=1S/C14H28N2O3/c1-11(2)3-4-15-13-7-12(8-14(18)19)9-16(10-13)5-6-17/h11-13,15,17H,3-10H2,1-2H3,(H,18,19). The van der Waals surface area contributed by atoms with Crippen LogP contribution in [0.2, 0.25) is 0 Å². The van der Waals surface area contributed by atoms with Crippen LogP contribution in [-0.2, 0) is 4.79 Å². The number of β-amino-alcohol motifs (C(OH)–C–C–N with tert-alkyl or cyclic N) is 1. The topological polar surface area (TPSA) is 72.8 Å². The molecule has 0 radical (unpaired) electrons. The second-order valence-electron chi connectivity index (χ2n) is 6.02. The molecule has 0 aromatic rings. The summed E-state index contributed by atoms with van der Waals surface area (Å²) < 4.78 is 0. The van der Waals surface area contributed by atoms with Gasteiger partial charge in [0.05, 0.1) is 6.61 Å². The third-order valence-electron chi connectivity index (χ3n) is 3.65. The number of likely N-dealkylation sites (tertiary alicyclic amines) is 1. The fraction of sp³-hybridized carbons (Fsp3) is 0.929. The maximum atomic E-state index is 10.9. The Bertz CT molecular complexity index is 271. The van der Waals surface area contributed by atoms with Gasteiger partial charge in [-0.15, -0.1) is 0 Å². The van der Waals surface area contributed by atoms with Gasteiger partial charge in [0.1, 0.15) is 0 Å². The minimum Gasteiger partial charge on any atom is -0.481 e. The summed E-state index contributed by atoms with van der Waals surface area (Å²) in [5, 5.41) is 21.5. The molecule has 0 aromatic carbocycles. The van der Waals surface area contributed by atoms with E-state index in [0.29, 0.717) is 18.5 Å². The SMILES string of the molecule is CC(C)CCNC1CC(CC(=O)O)CN(CCO)C1. The number of hydrogen-bond donors (Lipinski definition) is 3. The second-order valence-corrected chi connectivity index (χ2v) is 6.02. The highest BCUT2D eigenvalue weighted by atomic mass is 16.4. The lowest BCUT2D eigenvalue weighted by Crippen LogP contribution is -2.50. The highest BCUT2D eigenvalue weighted by molar-refractivity contribution is 5.67. The van der Waals surface area contributed by atoms with Gasteiger partial charge >= 0.3 is 5.97 Å². The average Bonchev–Trinajstić information content (AvgIpc) is 2.27. The van der Waals surface area contributed by atoms with E-state index in [1.807, 2.05) is 0 Å². The Hall–Kier alpha value is -0.650. The van der Waals surface area contributed by atoms with E-state index in [0.717, 1.165) is 32.5 Å². The molecule has 19 heavy (non-hydrogen) atoms. The summed E-state index contributed by atoms with van der Waals surface area (Å²) in [4.78, 5) is 13.0. The van der Waals surface area contributed by atoms with Gasteiger partial charge in [0.15, 0.2) is 0 Å². The predicted octanol–water partition coefficient (Wildman–Crippen LogP) is 0.780. The third kappa shape index (κ3) is 6.89. The van der Waals surface area contributed by atoms with Crippen molar-refractivity contribution in [1.82, 2.24) is 10.2 Å². The van der Waals surface area contributed by atoms with E-state index in [9.17, 15) is 4.79 Å². The van der Waals surface area contributed by atoms with Gasteiger partial charge in [-0.1, -0.05) is 13.8 Å². The smallest absolute Gasteiger partial charge is 0.303 e. The second kappa shape index (κ2) is 8.51. The van der Waals surface area contributed by atoms with Gasteiger partial charge < -0.3 is 15.5 Å². The molecule has 1 heterocycles. The summed E-state index contributed by atoms with van der Waals surface area (Å²) in [7, 11) is 0. The van der Waals surface area contributed by atoms with Crippen molar-refractivity contribution in [2.45, 2.75) is 39.2 Å². The number of carboxylic acid groups (broad SMARTS) is 1. The first-order valence-corrected chi connectivity index (χ1v) is 7.29. The first-order chi connectivity index (χ1) is 9.01. The Balaban J connectivity index is 2.42. The van der Waals surface area contributed by atoms with Crippen molar-refractivity contribution in [2.24, 2.45) is 11.8 Å². The highest BCUT2D eigenvalue weighted by Crippen LogP contribution is 2.20. The fourth-order valence-corrected chi connectivity index (χ4v) is 2.75. The number of carbonyl (C=O) groups is 1. The van der Waals surface area contributed by atoms with E-state index in [4.69, 9.17) is 10.2 Å². The number of hydrogen-bond acceptors (Lipinski definition) is 4. The van der Waals surface area contributed by atoms with Crippen LogP contribution in [0, 0.1) is 11.8 Å². The van der Waals surface area contributed by atoms with Gasteiger partial charge in [-0.05, 0) is 31.2 Å². The summed E-state index contributed by atoms with van der Waals surface area (Å²) in [6.45, 7) is 7.86. The largest absolute Gasteiger partial charge is 0.481 e. The molecule has 0 spiro atoms. The number of aliphatic carboxylic acids is 1. The molecule has 0 bridgehead atoms. The Labute approximate surface area is 116 Å². The first-order valence-electron chi connectivity index (χ1n) is 7.29. The van der Waals surface area contributed by atoms with Crippen LogP contribution in [0.25, 0.3) is 0 Å². The normalized spacial score (nSPS) is 24.8. The van der Waals surface area contributed by atoms with Gasteiger partial charge in [0.25, 0.3) is 0 Å². The van der Waals surface area contributed by atoms with Gasteiger partial charge in [0, 0.05) is 32.1 Å². The molecule has 112 valence electrons. The molecule has 1 rings (SSSR count). The highest BCUT2D eigenvalue weighted by Gasteiger charge is 2.27. The van der Waals surface area contributed by atoms with E-state index in [1.165, 1.54) is 0 Å². The molecule has 2 unspecified atom stereocenters. The van der Waals surface area contributed by atoms with Crippen molar-refractivity contribution < 1.29 is 15.0 Å². The summed E-state index contributed by atoms with van der Waals surface area (Å²) in [6.07, 6.45) is 2.29. The fourth-order valence-electron chi connectivity index (χ4n) is 2.75. The molecular weight excluding hydrogens is 244 g/mol. The van der Waals surface area contributed by atoms with Gasteiger partial charge in [-0.25, -0.2) is 0 Å². The molecule has 1 fully saturated rings. The van der Waals surface area contributed by atoms with Crippen LogP contribution in [0.3, 0.4) is 0 Å². The maximum Gasteiger partial charge on any atom is 0.303 e. The number of carboxylic acids is 1. The van der Waals surface area contributed by atoms with Crippen molar-refractivity contribution >= 4 is 5.97 Å². The number of nitrogens with zero attached hydrogens (tertiary/aromatic N) is 1. The van der Waals surface area contributed by atoms with E-state index in [1.54, 1.807) is 0 Å². The van der Waals surface area contributed by atoms with Crippen LogP contribution in [0.15, 0.2) is 0 Å². The number of nitrogens with one attached hydrogen (secondary N) is 1. The summed E-state index contributed by atoms with van der Waals surface area (Å²) in [5.74, 6) is 0.144. The molecule has 0 saturated carbocycles. The van der Waals surface area contributed by atoms with Crippen molar-refractivity contribution in [1.29, 1.82) is 0 Å². The summed E-state index contributed by atoms with van der Waals surface area (Å²) in [5.41, 5.74) is 0. The molecule has 0 aromatic heterocycles. The Kier molecular flexibility index (Phi) is 7.34. The van der Waals surface area contributed by atoms with Crippen LogP contribution in [0.4, 0.5) is 0 Å². The molecule has 0 aliphatic carbocycles. The zero-order valence-electron chi connectivity index (χ0n) is 12.1. The minimum absolute atomic E-state index is 0.137. The molecule has 5 heteroatoms.